The first kappa shape index (κ1) is 13.2. The van der Waals surface area contributed by atoms with Crippen molar-refractivity contribution in [1.29, 1.82) is 5.26 Å². The number of anilines is 1. The van der Waals surface area contributed by atoms with Gasteiger partial charge >= 0.3 is 0 Å². The lowest BCUT2D eigenvalue weighted by Gasteiger charge is -2.20. The maximum Gasteiger partial charge on any atom is 0.0994 e. The van der Waals surface area contributed by atoms with E-state index in [1.165, 1.54) is 11.1 Å². The van der Waals surface area contributed by atoms with Gasteiger partial charge in [0.15, 0.2) is 0 Å². The minimum Gasteiger partial charge on any atom is -0.370 e. The minimum absolute atomic E-state index is 0.743. The van der Waals surface area contributed by atoms with E-state index in [2.05, 4.69) is 55.3 Å². The molecule has 0 amide bonds. The zero-order chi connectivity index (χ0) is 13.8. The standard InChI is InChI=1S/C17H18N2/c1-13-5-4-6-15(9-13)12-19(3)17-8-7-16(11-18)14(2)10-17/h4-10H,12H2,1-3H3. The second-order valence-corrected chi connectivity index (χ2v) is 4.96. The second kappa shape index (κ2) is 5.58. The highest BCUT2D eigenvalue weighted by atomic mass is 15.1. The van der Waals surface area contributed by atoms with E-state index < -0.39 is 0 Å². The van der Waals surface area contributed by atoms with E-state index in [1.54, 1.807) is 0 Å². The lowest BCUT2D eigenvalue weighted by Crippen LogP contribution is -2.16. The van der Waals surface area contributed by atoms with Crippen LogP contribution in [0.3, 0.4) is 0 Å². The van der Waals surface area contributed by atoms with Gasteiger partial charge in [0.25, 0.3) is 0 Å². The highest BCUT2D eigenvalue weighted by molar-refractivity contribution is 5.53. The van der Waals surface area contributed by atoms with E-state index >= 15 is 0 Å². The van der Waals surface area contributed by atoms with Gasteiger partial charge in [0.05, 0.1) is 11.6 Å². The van der Waals surface area contributed by atoms with Crippen LogP contribution in [-0.4, -0.2) is 7.05 Å². The number of rotatable bonds is 3. The minimum atomic E-state index is 0.743. The highest BCUT2D eigenvalue weighted by Crippen LogP contribution is 2.19. The van der Waals surface area contributed by atoms with Gasteiger partial charge in [-0.05, 0) is 43.2 Å². The molecule has 0 aliphatic carbocycles. The molecule has 0 saturated carbocycles. The summed E-state index contributed by atoms with van der Waals surface area (Å²) in [5.41, 5.74) is 5.48. The highest BCUT2D eigenvalue weighted by Gasteiger charge is 2.05. The van der Waals surface area contributed by atoms with Gasteiger partial charge in [-0.25, -0.2) is 0 Å². The lowest BCUT2D eigenvalue weighted by molar-refractivity contribution is 0.920. The van der Waals surface area contributed by atoms with Crippen LogP contribution in [0.15, 0.2) is 42.5 Å². The SMILES string of the molecule is Cc1cccc(CN(C)c2ccc(C#N)c(C)c2)c1. The van der Waals surface area contributed by atoms with Crippen LogP contribution in [0.1, 0.15) is 22.3 Å². The summed E-state index contributed by atoms with van der Waals surface area (Å²) >= 11 is 0. The summed E-state index contributed by atoms with van der Waals surface area (Å²) in [7, 11) is 2.07. The lowest BCUT2D eigenvalue weighted by atomic mass is 10.1. The van der Waals surface area contributed by atoms with Crippen LogP contribution in [0.2, 0.25) is 0 Å². The summed E-state index contributed by atoms with van der Waals surface area (Å²) in [6.45, 7) is 4.95. The largest absolute Gasteiger partial charge is 0.370 e. The summed E-state index contributed by atoms with van der Waals surface area (Å²) in [5.74, 6) is 0. The first-order valence-electron chi connectivity index (χ1n) is 6.37. The van der Waals surface area contributed by atoms with Gasteiger partial charge in [-0.2, -0.15) is 5.26 Å². The van der Waals surface area contributed by atoms with Crippen molar-refractivity contribution in [3.63, 3.8) is 0 Å². The van der Waals surface area contributed by atoms with Crippen molar-refractivity contribution >= 4 is 5.69 Å². The van der Waals surface area contributed by atoms with Gasteiger partial charge in [-0.3, -0.25) is 0 Å². The Bertz CT molecular complexity index is 623. The first-order valence-corrected chi connectivity index (χ1v) is 6.37. The molecular formula is C17H18N2. The molecule has 0 atom stereocenters. The number of nitriles is 1. The van der Waals surface area contributed by atoms with Crippen LogP contribution in [0, 0.1) is 25.2 Å². The average Bonchev–Trinajstić information content (AvgIpc) is 2.38. The summed E-state index contributed by atoms with van der Waals surface area (Å²) < 4.78 is 0. The number of benzene rings is 2. The topological polar surface area (TPSA) is 27.0 Å². The fourth-order valence-corrected chi connectivity index (χ4v) is 2.19. The molecule has 0 spiro atoms. The molecule has 19 heavy (non-hydrogen) atoms. The van der Waals surface area contributed by atoms with Gasteiger partial charge < -0.3 is 4.90 Å². The maximum absolute atomic E-state index is 8.95. The Hall–Kier alpha value is -2.27. The molecule has 0 radical (unpaired) electrons. The van der Waals surface area contributed by atoms with Gasteiger partial charge in [-0.15, -0.1) is 0 Å². The summed E-state index contributed by atoms with van der Waals surface area (Å²) in [6, 6.07) is 16.7. The molecule has 0 aliphatic heterocycles. The van der Waals surface area contributed by atoms with Crippen LogP contribution in [-0.2, 0) is 6.54 Å². The van der Waals surface area contributed by atoms with E-state index in [9.17, 15) is 0 Å². The number of hydrogen-bond acceptors (Lipinski definition) is 2. The first-order chi connectivity index (χ1) is 9.10. The van der Waals surface area contributed by atoms with Gasteiger partial charge in [0.1, 0.15) is 0 Å². The summed E-state index contributed by atoms with van der Waals surface area (Å²) in [6.07, 6.45) is 0. The molecule has 2 heteroatoms. The molecule has 0 fully saturated rings. The smallest absolute Gasteiger partial charge is 0.0994 e. The Kier molecular flexibility index (Phi) is 3.87. The number of aryl methyl sites for hydroxylation is 2. The van der Waals surface area contributed by atoms with Crippen molar-refractivity contribution < 1.29 is 0 Å². The van der Waals surface area contributed by atoms with E-state index in [1.807, 2.05) is 19.1 Å². The van der Waals surface area contributed by atoms with Gasteiger partial charge in [-0.1, -0.05) is 29.8 Å². The molecule has 2 nitrogen and oxygen atoms in total. The van der Waals surface area contributed by atoms with Crippen molar-refractivity contribution in [2.45, 2.75) is 20.4 Å². The van der Waals surface area contributed by atoms with Crippen LogP contribution in [0.25, 0.3) is 0 Å². The van der Waals surface area contributed by atoms with Gasteiger partial charge in [0, 0.05) is 19.3 Å². The molecule has 96 valence electrons. The molecule has 2 aromatic rings. The molecule has 0 N–H and O–H groups in total. The quantitative estimate of drug-likeness (QED) is 0.828. The number of hydrogen-bond donors (Lipinski definition) is 0. The maximum atomic E-state index is 8.95. The monoisotopic (exact) mass is 250 g/mol. The average molecular weight is 250 g/mol. The Morgan fingerprint density at radius 1 is 1.11 bits per heavy atom. The van der Waals surface area contributed by atoms with Crippen molar-refractivity contribution in [3.05, 3.63) is 64.7 Å². The zero-order valence-electron chi connectivity index (χ0n) is 11.6. The van der Waals surface area contributed by atoms with Crippen molar-refractivity contribution in [1.82, 2.24) is 0 Å². The van der Waals surface area contributed by atoms with Crippen LogP contribution >= 0.6 is 0 Å². The van der Waals surface area contributed by atoms with Crippen LogP contribution in [0.5, 0.6) is 0 Å². The normalized spacial score (nSPS) is 10.0. The second-order valence-electron chi connectivity index (χ2n) is 4.96. The Morgan fingerprint density at radius 2 is 1.89 bits per heavy atom. The molecule has 0 aromatic heterocycles. The van der Waals surface area contributed by atoms with Crippen LogP contribution in [0.4, 0.5) is 5.69 Å². The molecule has 2 aromatic carbocycles. The molecule has 0 saturated heterocycles. The fourth-order valence-electron chi connectivity index (χ4n) is 2.19. The molecule has 2 rings (SSSR count). The number of nitrogens with zero attached hydrogens (tertiary/aromatic N) is 2. The van der Waals surface area contributed by atoms with Crippen molar-refractivity contribution in [3.8, 4) is 6.07 Å². The van der Waals surface area contributed by atoms with E-state index in [-0.39, 0.29) is 0 Å². The molecule has 0 unspecified atom stereocenters. The fraction of sp³-hybridized carbons (Fsp3) is 0.235. The summed E-state index contributed by atoms with van der Waals surface area (Å²) in [4.78, 5) is 2.20. The Balaban J connectivity index is 2.18. The zero-order valence-corrected chi connectivity index (χ0v) is 11.6. The van der Waals surface area contributed by atoms with E-state index in [0.29, 0.717) is 0 Å². The van der Waals surface area contributed by atoms with Crippen LogP contribution < -0.4 is 4.90 Å². The molecule has 0 heterocycles. The summed E-state index contributed by atoms with van der Waals surface area (Å²) in [5, 5.41) is 8.95. The van der Waals surface area contributed by atoms with E-state index in [4.69, 9.17) is 5.26 Å². The third-order valence-electron chi connectivity index (χ3n) is 3.27. The molecule has 0 bridgehead atoms. The third kappa shape index (κ3) is 3.14. The molecule has 0 aliphatic rings. The van der Waals surface area contributed by atoms with E-state index in [0.717, 1.165) is 23.4 Å². The van der Waals surface area contributed by atoms with Crippen molar-refractivity contribution in [2.75, 3.05) is 11.9 Å². The predicted octanol–water partition coefficient (Wildman–Crippen LogP) is 3.81. The Morgan fingerprint density at radius 3 is 2.53 bits per heavy atom. The van der Waals surface area contributed by atoms with Gasteiger partial charge in [0.2, 0.25) is 0 Å². The third-order valence-corrected chi connectivity index (χ3v) is 3.27. The molecular weight excluding hydrogens is 232 g/mol. The van der Waals surface area contributed by atoms with Crippen molar-refractivity contribution in [2.24, 2.45) is 0 Å². The Labute approximate surface area is 114 Å². The predicted molar refractivity (Wildman–Crippen MR) is 79.2 cm³/mol.